The molecule has 6 heteroatoms. The number of halogens is 1. The van der Waals surface area contributed by atoms with E-state index in [4.69, 9.17) is 21.3 Å². The summed E-state index contributed by atoms with van der Waals surface area (Å²) in [5.41, 5.74) is 5.18. The molecule has 0 saturated carbocycles. The molecule has 0 unspecified atom stereocenters. The number of benzene rings is 3. The van der Waals surface area contributed by atoms with Crippen LogP contribution >= 0.6 is 11.6 Å². The molecule has 0 saturated heterocycles. The third kappa shape index (κ3) is 6.86. The summed E-state index contributed by atoms with van der Waals surface area (Å²) in [6.07, 6.45) is 3.58. The first-order valence-corrected chi connectivity index (χ1v) is 12.6. The Morgan fingerprint density at radius 3 is 2.57 bits per heavy atom. The van der Waals surface area contributed by atoms with Crippen molar-refractivity contribution in [2.24, 2.45) is 0 Å². The van der Waals surface area contributed by atoms with Crippen LogP contribution in [0, 0.1) is 13.8 Å². The highest BCUT2D eigenvalue weighted by molar-refractivity contribution is 6.30. The van der Waals surface area contributed by atoms with Crippen LogP contribution in [0.15, 0.2) is 66.7 Å². The number of amides is 1. The number of imidazole rings is 1. The van der Waals surface area contributed by atoms with E-state index in [1.165, 1.54) is 11.1 Å². The van der Waals surface area contributed by atoms with Crippen LogP contribution in [-0.2, 0) is 13.0 Å². The lowest BCUT2D eigenvalue weighted by Crippen LogP contribution is -2.25. The SMILES string of the molecule is Cc1cc(C)cc(OCCCCn2c(CCCNC(=O)c3cccc(Cl)c3)nc3ccccc32)c1. The number of aryl methyl sites for hydroxylation is 4. The molecule has 0 aliphatic heterocycles. The third-order valence-corrected chi connectivity index (χ3v) is 6.16. The molecule has 0 aliphatic rings. The van der Waals surface area contributed by atoms with Crippen molar-refractivity contribution in [3.8, 4) is 5.75 Å². The number of carbonyl (C=O) groups is 1. The van der Waals surface area contributed by atoms with Gasteiger partial charge in [0.1, 0.15) is 11.6 Å². The van der Waals surface area contributed by atoms with E-state index in [-0.39, 0.29) is 5.91 Å². The summed E-state index contributed by atoms with van der Waals surface area (Å²) in [4.78, 5) is 17.2. The highest BCUT2D eigenvalue weighted by Gasteiger charge is 2.11. The van der Waals surface area contributed by atoms with Crippen molar-refractivity contribution < 1.29 is 9.53 Å². The van der Waals surface area contributed by atoms with Gasteiger partial charge in [0, 0.05) is 30.1 Å². The third-order valence-electron chi connectivity index (χ3n) is 5.92. The minimum absolute atomic E-state index is 0.107. The smallest absolute Gasteiger partial charge is 0.251 e. The van der Waals surface area contributed by atoms with Crippen molar-refractivity contribution in [1.29, 1.82) is 0 Å². The summed E-state index contributed by atoms with van der Waals surface area (Å²) < 4.78 is 8.29. The minimum atomic E-state index is -0.107. The predicted molar refractivity (Wildman–Crippen MR) is 142 cm³/mol. The number of hydrogen-bond acceptors (Lipinski definition) is 3. The molecular formula is C29H32ClN3O2. The molecule has 5 nitrogen and oxygen atoms in total. The fraction of sp³-hybridized carbons (Fsp3) is 0.310. The van der Waals surface area contributed by atoms with Gasteiger partial charge in [-0.05, 0) is 86.7 Å². The first-order chi connectivity index (χ1) is 17.0. The van der Waals surface area contributed by atoms with E-state index in [0.29, 0.717) is 23.7 Å². The van der Waals surface area contributed by atoms with E-state index in [9.17, 15) is 4.79 Å². The van der Waals surface area contributed by atoms with Crippen molar-refractivity contribution in [1.82, 2.24) is 14.9 Å². The summed E-state index contributed by atoms with van der Waals surface area (Å²) in [6.45, 7) is 6.35. The largest absolute Gasteiger partial charge is 0.494 e. The van der Waals surface area contributed by atoms with Crippen LogP contribution < -0.4 is 10.1 Å². The van der Waals surface area contributed by atoms with Gasteiger partial charge >= 0.3 is 0 Å². The fourth-order valence-electron chi connectivity index (χ4n) is 4.32. The number of nitrogens with one attached hydrogen (secondary N) is 1. The summed E-state index contributed by atoms with van der Waals surface area (Å²) in [5, 5.41) is 3.54. The van der Waals surface area contributed by atoms with Gasteiger partial charge in [0.05, 0.1) is 17.6 Å². The minimum Gasteiger partial charge on any atom is -0.494 e. The predicted octanol–water partition coefficient (Wildman–Crippen LogP) is 6.53. The normalized spacial score (nSPS) is 11.1. The summed E-state index contributed by atoms with van der Waals surface area (Å²) in [5.74, 6) is 1.89. The van der Waals surface area contributed by atoms with Crippen LogP contribution in [0.25, 0.3) is 11.0 Å². The number of fused-ring (bicyclic) bond motifs is 1. The average Bonchev–Trinajstić information content (AvgIpc) is 3.18. The second-order valence-corrected chi connectivity index (χ2v) is 9.35. The van der Waals surface area contributed by atoms with Gasteiger partial charge < -0.3 is 14.6 Å². The van der Waals surface area contributed by atoms with Gasteiger partial charge in [0.2, 0.25) is 0 Å². The molecule has 0 atom stereocenters. The summed E-state index contributed by atoms with van der Waals surface area (Å²) >= 11 is 5.99. The number of para-hydroxylation sites is 2. The Morgan fingerprint density at radius 1 is 0.971 bits per heavy atom. The number of unbranched alkanes of at least 4 members (excludes halogenated alkanes) is 1. The van der Waals surface area contributed by atoms with Crippen molar-refractivity contribution >= 4 is 28.5 Å². The van der Waals surface area contributed by atoms with Crippen molar-refractivity contribution in [2.75, 3.05) is 13.2 Å². The molecule has 0 bridgehead atoms. The van der Waals surface area contributed by atoms with Crippen LogP contribution in [-0.4, -0.2) is 28.6 Å². The molecule has 4 aromatic rings. The fourth-order valence-corrected chi connectivity index (χ4v) is 4.51. The van der Waals surface area contributed by atoms with E-state index < -0.39 is 0 Å². The topological polar surface area (TPSA) is 56.1 Å². The molecule has 0 aliphatic carbocycles. The Balaban J connectivity index is 1.29. The van der Waals surface area contributed by atoms with Crippen LogP contribution in [0.5, 0.6) is 5.75 Å². The van der Waals surface area contributed by atoms with E-state index >= 15 is 0 Å². The molecule has 35 heavy (non-hydrogen) atoms. The second-order valence-electron chi connectivity index (χ2n) is 8.92. The zero-order valence-electron chi connectivity index (χ0n) is 20.4. The van der Waals surface area contributed by atoms with E-state index in [2.05, 4.69) is 60.1 Å². The maximum atomic E-state index is 12.4. The zero-order chi connectivity index (χ0) is 24.6. The monoisotopic (exact) mass is 489 g/mol. The Labute approximate surface area is 212 Å². The van der Waals surface area contributed by atoms with Gasteiger partial charge in [-0.25, -0.2) is 4.98 Å². The molecule has 4 rings (SSSR count). The second kappa shape index (κ2) is 11.9. The molecule has 1 N–H and O–H groups in total. The number of carbonyl (C=O) groups excluding carboxylic acids is 1. The summed E-state index contributed by atoms with van der Waals surface area (Å²) in [6, 6.07) is 21.6. The molecule has 1 amide bonds. The van der Waals surface area contributed by atoms with Gasteiger partial charge in [-0.1, -0.05) is 35.9 Å². The van der Waals surface area contributed by atoms with Crippen LogP contribution in [0.1, 0.15) is 46.6 Å². The molecule has 0 fully saturated rings. The summed E-state index contributed by atoms with van der Waals surface area (Å²) in [7, 11) is 0. The Kier molecular flexibility index (Phi) is 8.43. The van der Waals surface area contributed by atoms with Gasteiger partial charge in [-0.15, -0.1) is 0 Å². The van der Waals surface area contributed by atoms with Gasteiger partial charge in [0.15, 0.2) is 0 Å². The maximum absolute atomic E-state index is 12.4. The number of ether oxygens (including phenoxy) is 1. The lowest BCUT2D eigenvalue weighted by Gasteiger charge is -2.11. The van der Waals surface area contributed by atoms with Gasteiger partial charge in [-0.2, -0.15) is 0 Å². The zero-order valence-corrected chi connectivity index (χ0v) is 21.1. The highest BCUT2D eigenvalue weighted by atomic mass is 35.5. The van der Waals surface area contributed by atoms with Crippen molar-refractivity contribution in [3.05, 3.63) is 94.3 Å². The molecule has 3 aromatic carbocycles. The number of nitrogens with zero attached hydrogens (tertiary/aromatic N) is 2. The van der Waals surface area contributed by atoms with Crippen molar-refractivity contribution in [2.45, 2.75) is 46.1 Å². The van der Waals surface area contributed by atoms with Gasteiger partial charge in [0.25, 0.3) is 5.91 Å². The number of aromatic nitrogens is 2. The Bertz CT molecular complexity index is 1280. The van der Waals surface area contributed by atoms with E-state index in [1.807, 2.05) is 6.07 Å². The first-order valence-electron chi connectivity index (χ1n) is 12.2. The van der Waals surface area contributed by atoms with Crippen molar-refractivity contribution in [3.63, 3.8) is 0 Å². The van der Waals surface area contributed by atoms with E-state index in [0.717, 1.165) is 54.8 Å². The van der Waals surface area contributed by atoms with E-state index in [1.54, 1.807) is 24.3 Å². The maximum Gasteiger partial charge on any atom is 0.251 e. The molecule has 0 radical (unpaired) electrons. The molecular weight excluding hydrogens is 458 g/mol. The van der Waals surface area contributed by atoms with Crippen LogP contribution in [0.3, 0.4) is 0 Å². The standard InChI is InChI=1S/C29H32ClN3O2/c1-21-17-22(2)19-25(18-21)35-16-6-5-15-33-27-12-4-3-11-26(27)32-28(33)13-8-14-31-29(34)23-9-7-10-24(30)20-23/h3-4,7,9-12,17-20H,5-6,8,13-16H2,1-2H3,(H,31,34). The average molecular weight is 490 g/mol. The van der Waals surface area contributed by atoms with Crippen LogP contribution in [0.4, 0.5) is 0 Å². The Morgan fingerprint density at radius 2 is 1.77 bits per heavy atom. The Hall–Kier alpha value is -3.31. The quantitative estimate of drug-likeness (QED) is 0.244. The first kappa shape index (κ1) is 24.8. The lowest BCUT2D eigenvalue weighted by atomic mass is 10.1. The van der Waals surface area contributed by atoms with Crippen LogP contribution in [0.2, 0.25) is 5.02 Å². The number of rotatable bonds is 11. The number of hydrogen-bond donors (Lipinski definition) is 1. The lowest BCUT2D eigenvalue weighted by molar-refractivity contribution is 0.0953. The molecule has 1 aromatic heterocycles. The molecule has 1 heterocycles. The molecule has 0 spiro atoms. The molecule has 182 valence electrons. The van der Waals surface area contributed by atoms with Gasteiger partial charge in [-0.3, -0.25) is 4.79 Å². The highest BCUT2D eigenvalue weighted by Crippen LogP contribution is 2.19.